The number of aromatic nitrogens is 3. The van der Waals surface area contributed by atoms with Crippen molar-refractivity contribution >= 4 is 28.6 Å². The molecule has 0 fully saturated rings. The van der Waals surface area contributed by atoms with Crippen LogP contribution in [0.1, 0.15) is 16.4 Å². The topological polar surface area (TPSA) is 33.4 Å². The molecule has 20 heavy (non-hydrogen) atoms. The predicted octanol–water partition coefficient (Wildman–Crippen LogP) is 3.38. The van der Waals surface area contributed by atoms with Crippen molar-refractivity contribution in [2.75, 3.05) is 7.05 Å². The van der Waals surface area contributed by atoms with Crippen molar-refractivity contribution in [1.29, 1.82) is 0 Å². The average molecular weight is 307 g/mol. The number of rotatable bonds is 4. The van der Waals surface area contributed by atoms with Gasteiger partial charge in [0.2, 0.25) is 0 Å². The highest BCUT2D eigenvalue weighted by molar-refractivity contribution is 7.09. The molecule has 4 nitrogen and oxygen atoms in total. The van der Waals surface area contributed by atoms with Gasteiger partial charge in [-0.2, -0.15) is 0 Å². The molecule has 6 heteroatoms. The fourth-order valence-electron chi connectivity index (χ4n) is 2.18. The van der Waals surface area contributed by atoms with E-state index in [1.54, 1.807) is 11.3 Å². The number of thiazole rings is 1. The van der Waals surface area contributed by atoms with Crippen LogP contribution in [0.4, 0.5) is 0 Å². The maximum atomic E-state index is 5.98. The summed E-state index contributed by atoms with van der Waals surface area (Å²) in [5.41, 5.74) is 3.06. The number of nitrogens with zero attached hydrogens (tertiary/aromatic N) is 4. The fraction of sp³-hybridized carbons (Fsp3) is 0.286. The zero-order valence-corrected chi connectivity index (χ0v) is 12.9. The Morgan fingerprint density at radius 3 is 2.75 bits per heavy atom. The molecule has 0 saturated heterocycles. The minimum Gasteiger partial charge on any atom is -0.305 e. The second-order valence-electron chi connectivity index (χ2n) is 4.88. The third kappa shape index (κ3) is 3.00. The molecule has 0 aliphatic rings. The van der Waals surface area contributed by atoms with Gasteiger partial charge in [0.1, 0.15) is 5.65 Å². The van der Waals surface area contributed by atoms with Gasteiger partial charge in [-0.15, -0.1) is 11.3 Å². The Bertz CT molecular complexity index is 734. The smallest absolute Gasteiger partial charge is 0.137 e. The van der Waals surface area contributed by atoms with Crippen LogP contribution in [-0.4, -0.2) is 26.3 Å². The number of pyridine rings is 1. The Balaban J connectivity index is 1.72. The van der Waals surface area contributed by atoms with E-state index in [-0.39, 0.29) is 0 Å². The number of halogens is 1. The molecule has 0 spiro atoms. The Labute approximate surface area is 126 Å². The lowest BCUT2D eigenvalue weighted by molar-refractivity contribution is 0.312. The van der Waals surface area contributed by atoms with Crippen LogP contribution in [0.25, 0.3) is 5.65 Å². The second-order valence-corrected chi connectivity index (χ2v) is 6.37. The molecule has 104 valence electrons. The number of fused-ring (bicyclic) bond motifs is 1. The Morgan fingerprint density at radius 2 is 2.00 bits per heavy atom. The molecule has 0 aliphatic carbocycles. The van der Waals surface area contributed by atoms with Crippen LogP contribution < -0.4 is 0 Å². The zero-order chi connectivity index (χ0) is 14.1. The van der Waals surface area contributed by atoms with Gasteiger partial charge in [0, 0.05) is 30.9 Å². The molecule has 3 aromatic heterocycles. The largest absolute Gasteiger partial charge is 0.305 e. The summed E-state index contributed by atoms with van der Waals surface area (Å²) in [6.45, 7) is 3.65. The van der Waals surface area contributed by atoms with Crippen molar-refractivity contribution in [3.05, 3.63) is 51.3 Å². The van der Waals surface area contributed by atoms with Crippen molar-refractivity contribution in [2.45, 2.75) is 20.0 Å². The maximum absolute atomic E-state index is 5.98. The standard InChI is InChI=1S/C14H15ClN4S/c1-10-16-13(9-20-10)7-18(2)6-12-8-19-5-11(15)3-4-14(19)17-12/h3-5,8-9H,6-7H2,1-2H3. The van der Waals surface area contributed by atoms with E-state index in [1.807, 2.05) is 35.9 Å². The first-order valence-corrected chi connectivity index (χ1v) is 7.58. The summed E-state index contributed by atoms with van der Waals surface area (Å²) in [4.78, 5) is 11.3. The van der Waals surface area contributed by atoms with Crippen LogP contribution in [-0.2, 0) is 13.1 Å². The van der Waals surface area contributed by atoms with Crippen LogP contribution in [0, 0.1) is 6.92 Å². The lowest BCUT2D eigenvalue weighted by atomic mass is 10.4. The van der Waals surface area contributed by atoms with Gasteiger partial charge in [0.25, 0.3) is 0 Å². The van der Waals surface area contributed by atoms with Crippen LogP contribution in [0.15, 0.2) is 29.9 Å². The van der Waals surface area contributed by atoms with Crippen molar-refractivity contribution in [1.82, 2.24) is 19.3 Å². The van der Waals surface area contributed by atoms with E-state index in [1.165, 1.54) is 0 Å². The zero-order valence-electron chi connectivity index (χ0n) is 11.4. The average Bonchev–Trinajstić information content (AvgIpc) is 2.94. The molecule has 3 heterocycles. The Kier molecular flexibility index (Phi) is 3.74. The Morgan fingerprint density at radius 1 is 1.20 bits per heavy atom. The summed E-state index contributed by atoms with van der Waals surface area (Å²) < 4.78 is 1.96. The van der Waals surface area contributed by atoms with E-state index in [4.69, 9.17) is 11.6 Å². The van der Waals surface area contributed by atoms with E-state index in [0.717, 1.165) is 35.1 Å². The number of hydrogen-bond acceptors (Lipinski definition) is 4. The van der Waals surface area contributed by atoms with E-state index in [0.29, 0.717) is 5.02 Å². The summed E-state index contributed by atoms with van der Waals surface area (Å²) in [5, 5.41) is 3.93. The van der Waals surface area contributed by atoms with Gasteiger partial charge in [0.15, 0.2) is 0 Å². The number of hydrogen-bond donors (Lipinski definition) is 0. The minimum atomic E-state index is 0.716. The van der Waals surface area contributed by atoms with Gasteiger partial charge in [-0.3, -0.25) is 4.90 Å². The summed E-state index contributed by atoms with van der Waals surface area (Å²) >= 11 is 7.66. The minimum absolute atomic E-state index is 0.716. The number of aryl methyl sites for hydroxylation is 1. The summed E-state index contributed by atoms with van der Waals surface area (Å²) in [7, 11) is 2.08. The van der Waals surface area contributed by atoms with Crippen LogP contribution >= 0.6 is 22.9 Å². The van der Waals surface area contributed by atoms with Gasteiger partial charge in [0.05, 0.1) is 21.4 Å². The molecule has 0 saturated carbocycles. The van der Waals surface area contributed by atoms with E-state index in [2.05, 4.69) is 27.3 Å². The first-order valence-electron chi connectivity index (χ1n) is 6.33. The third-order valence-electron chi connectivity index (χ3n) is 3.00. The predicted molar refractivity (Wildman–Crippen MR) is 82.2 cm³/mol. The molecular formula is C14H15ClN4S. The van der Waals surface area contributed by atoms with Crippen molar-refractivity contribution in [3.63, 3.8) is 0 Å². The van der Waals surface area contributed by atoms with Crippen molar-refractivity contribution < 1.29 is 0 Å². The van der Waals surface area contributed by atoms with Crippen LogP contribution in [0.3, 0.4) is 0 Å². The van der Waals surface area contributed by atoms with Crippen molar-refractivity contribution in [3.8, 4) is 0 Å². The highest BCUT2D eigenvalue weighted by atomic mass is 35.5. The van der Waals surface area contributed by atoms with E-state index < -0.39 is 0 Å². The monoisotopic (exact) mass is 306 g/mol. The van der Waals surface area contributed by atoms with Crippen LogP contribution in [0.5, 0.6) is 0 Å². The van der Waals surface area contributed by atoms with Gasteiger partial charge >= 0.3 is 0 Å². The van der Waals surface area contributed by atoms with E-state index in [9.17, 15) is 0 Å². The molecule has 0 atom stereocenters. The Hall–Kier alpha value is -1.43. The van der Waals surface area contributed by atoms with Gasteiger partial charge in [-0.25, -0.2) is 9.97 Å². The van der Waals surface area contributed by atoms with E-state index >= 15 is 0 Å². The third-order valence-corrected chi connectivity index (χ3v) is 4.04. The molecule has 3 rings (SSSR count). The molecule has 0 unspecified atom stereocenters. The molecule has 3 aromatic rings. The molecule has 0 amide bonds. The number of imidazole rings is 1. The molecule has 0 N–H and O–H groups in total. The summed E-state index contributed by atoms with van der Waals surface area (Å²) in [6.07, 6.45) is 3.89. The second kappa shape index (κ2) is 5.52. The quantitative estimate of drug-likeness (QED) is 0.741. The maximum Gasteiger partial charge on any atom is 0.137 e. The lowest BCUT2D eigenvalue weighted by Gasteiger charge is -2.13. The van der Waals surface area contributed by atoms with Crippen LogP contribution in [0.2, 0.25) is 5.02 Å². The first-order chi connectivity index (χ1) is 9.60. The van der Waals surface area contributed by atoms with Gasteiger partial charge in [-0.05, 0) is 26.1 Å². The highest BCUT2D eigenvalue weighted by Crippen LogP contribution is 2.14. The fourth-order valence-corrected chi connectivity index (χ4v) is 2.96. The first kappa shape index (κ1) is 13.5. The lowest BCUT2D eigenvalue weighted by Crippen LogP contribution is -2.17. The molecule has 0 bridgehead atoms. The normalized spacial score (nSPS) is 11.6. The van der Waals surface area contributed by atoms with Gasteiger partial charge in [-0.1, -0.05) is 11.6 Å². The van der Waals surface area contributed by atoms with Crippen molar-refractivity contribution in [2.24, 2.45) is 0 Å². The summed E-state index contributed by atoms with van der Waals surface area (Å²) in [6, 6.07) is 3.78. The molecule has 0 radical (unpaired) electrons. The van der Waals surface area contributed by atoms with Gasteiger partial charge < -0.3 is 4.40 Å². The summed E-state index contributed by atoms with van der Waals surface area (Å²) in [5.74, 6) is 0. The molecular weight excluding hydrogens is 292 g/mol. The SMILES string of the molecule is Cc1nc(CN(C)Cc2cn3cc(Cl)ccc3n2)cs1. The highest BCUT2D eigenvalue weighted by Gasteiger charge is 2.08. The molecule has 0 aliphatic heterocycles. The molecule has 0 aromatic carbocycles.